The van der Waals surface area contributed by atoms with Gasteiger partial charge in [0.25, 0.3) is 0 Å². The summed E-state index contributed by atoms with van der Waals surface area (Å²) >= 11 is 0. The summed E-state index contributed by atoms with van der Waals surface area (Å²) < 4.78 is 18.4. The number of methoxy groups -OCH3 is 1. The van der Waals surface area contributed by atoms with Gasteiger partial charge >= 0.3 is 0 Å². The van der Waals surface area contributed by atoms with Crippen molar-refractivity contribution in [2.24, 2.45) is 10.2 Å². The SMILES string of the molecule is COc1ccc(C=CC(=NN=Cc2ccccc2O)c2ccc(F)cc2)cc1. The molecule has 3 aromatic carbocycles. The van der Waals surface area contributed by atoms with Crippen molar-refractivity contribution >= 4 is 18.0 Å². The first-order valence-electron chi connectivity index (χ1n) is 8.63. The van der Waals surface area contributed by atoms with Crippen molar-refractivity contribution in [3.05, 3.63) is 101 Å². The molecule has 3 rings (SSSR count). The molecular weight excluding hydrogens is 355 g/mol. The molecule has 5 heteroatoms. The van der Waals surface area contributed by atoms with Gasteiger partial charge in [-0.3, -0.25) is 0 Å². The zero-order valence-corrected chi connectivity index (χ0v) is 15.3. The molecule has 28 heavy (non-hydrogen) atoms. The lowest BCUT2D eigenvalue weighted by Crippen LogP contribution is -1.96. The molecule has 4 nitrogen and oxygen atoms in total. The molecule has 0 aliphatic rings. The first kappa shape index (κ1) is 19.0. The van der Waals surface area contributed by atoms with E-state index in [0.29, 0.717) is 11.3 Å². The molecule has 0 aliphatic carbocycles. The summed E-state index contributed by atoms with van der Waals surface area (Å²) in [6.07, 6.45) is 5.16. The number of allylic oxidation sites excluding steroid dienone is 1. The summed E-state index contributed by atoms with van der Waals surface area (Å²) in [6.45, 7) is 0. The van der Waals surface area contributed by atoms with Crippen LogP contribution in [-0.2, 0) is 0 Å². The number of hydrogen-bond acceptors (Lipinski definition) is 4. The number of phenolic OH excluding ortho intramolecular Hbond substituents is 1. The van der Waals surface area contributed by atoms with E-state index in [0.717, 1.165) is 16.9 Å². The van der Waals surface area contributed by atoms with Crippen molar-refractivity contribution in [1.29, 1.82) is 0 Å². The van der Waals surface area contributed by atoms with Crippen LogP contribution in [0.3, 0.4) is 0 Å². The van der Waals surface area contributed by atoms with E-state index < -0.39 is 0 Å². The van der Waals surface area contributed by atoms with Crippen LogP contribution in [0.15, 0.2) is 89.1 Å². The Morgan fingerprint density at radius 3 is 2.36 bits per heavy atom. The molecule has 0 bridgehead atoms. The molecule has 140 valence electrons. The Morgan fingerprint density at radius 1 is 0.964 bits per heavy atom. The van der Waals surface area contributed by atoms with Gasteiger partial charge in [-0.2, -0.15) is 10.2 Å². The lowest BCUT2D eigenvalue weighted by molar-refractivity contribution is 0.415. The molecule has 0 amide bonds. The average molecular weight is 374 g/mol. The van der Waals surface area contributed by atoms with Gasteiger partial charge < -0.3 is 9.84 Å². The van der Waals surface area contributed by atoms with Crippen LogP contribution in [-0.4, -0.2) is 24.1 Å². The minimum atomic E-state index is -0.319. The van der Waals surface area contributed by atoms with Gasteiger partial charge in [-0.05, 0) is 60.2 Å². The molecule has 0 saturated carbocycles. The van der Waals surface area contributed by atoms with Crippen LogP contribution < -0.4 is 4.74 Å². The van der Waals surface area contributed by atoms with Crippen LogP contribution >= 0.6 is 0 Å². The Hall–Kier alpha value is -3.73. The standard InChI is InChI=1S/C23H19FN2O2/c1-28-21-13-6-17(7-14-21)8-15-22(18-9-11-20(24)12-10-18)26-25-16-19-4-2-3-5-23(19)27/h2-16,27H,1H3. The van der Waals surface area contributed by atoms with E-state index in [1.54, 1.807) is 49.6 Å². The summed E-state index contributed by atoms with van der Waals surface area (Å²) in [5.41, 5.74) is 2.80. The maximum atomic E-state index is 13.3. The molecule has 0 atom stereocenters. The third kappa shape index (κ3) is 5.14. The van der Waals surface area contributed by atoms with Crippen molar-refractivity contribution in [2.45, 2.75) is 0 Å². The lowest BCUT2D eigenvalue weighted by Gasteiger charge is -2.02. The number of hydrogen-bond donors (Lipinski definition) is 1. The van der Waals surface area contributed by atoms with Gasteiger partial charge in [-0.15, -0.1) is 0 Å². The highest BCUT2D eigenvalue weighted by Gasteiger charge is 2.01. The van der Waals surface area contributed by atoms with Crippen LogP contribution in [0.4, 0.5) is 4.39 Å². The number of phenols is 1. The van der Waals surface area contributed by atoms with Crippen LogP contribution in [0.1, 0.15) is 16.7 Å². The number of para-hydroxylation sites is 1. The molecule has 0 aromatic heterocycles. The highest BCUT2D eigenvalue weighted by atomic mass is 19.1. The molecular formula is C23H19FN2O2. The second-order valence-electron chi connectivity index (χ2n) is 5.90. The van der Waals surface area contributed by atoms with Gasteiger partial charge in [0.05, 0.1) is 19.0 Å². The normalized spacial score (nSPS) is 12.0. The van der Waals surface area contributed by atoms with E-state index in [4.69, 9.17) is 4.74 Å². The van der Waals surface area contributed by atoms with E-state index in [1.165, 1.54) is 18.3 Å². The summed E-state index contributed by atoms with van der Waals surface area (Å²) in [4.78, 5) is 0. The van der Waals surface area contributed by atoms with Crippen LogP contribution in [0.2, 0.25) is 0 Å². The van der Waals surface area contributed by atoms with Crippen molar-refractivity contribution in [3.8, 4) is 11.5 Å². The zero-order chi connectivity index (χ0) is 19.8. The van der Waals surface area contributed by atoms with Crippen LogP contribution in [0.5, 0.6) is 11.5 Å². The fraction of sp³-hybridized carbons (Fsp3) is 0.0435. The smallest absolute Gasteiger partial charge is 0.124 e. The van der Waals surface area contributed by atoms with Crippen molar-refractivity contribution in [3.63, 3.8) is 0 Å². The van der Waals surface area contributed by atoms with Crippen molar-refractivity contribution in [1.82, 2.24) is 0 Å². The van der Waals surface area contributed by atoms with Crippen LogP contribution in [0, 0.1) is 5.82 Å². The Balaban J connectivity index is 1.89. The minimum absolute atomic E-state index is 0.124. The minimum Gasteiger partial charge on any atom is -0.507 e. The van der Waals surface area contributed by atoms with E-state index in [9.17, 15) is 9.50 Å². The van der Waals surface area contributed by atoms with Gasteiger partial charge in [-0.1, -0.05) is 30.3 Å². The first-order valence-corrected chi connectivity index (χ1v) is 8.63. The Bertz CT molecular complexity index is 1010. The molecule has 3 aromatic rings. The zero-order valence-electron chi connectivity index (χ0n) is 15.3. The van der Waals surface area contributed by atoms with Gasteiger partial charge in [0, 0.05) is 11.1 Å². The first-order chi connectivity index (χ1) is 13.7. The topological polar surface area (TPSA) is 54.2 Å². The fourth-order valence-corrected chi connectivity index (χ4v) is 2.45. The largest absolute Gasteiger partial charge is 0.507 e. The highest BCUT2D eigenvalue weighted by Crippen LogP contribution is 2.15. The van der Waals surface area contributed by atoms with Gasteiger partial charge in [0.15, 0.2) is 0 Å². The van der Waals surface area contributed by atoms with E-state index >= 15 is 0 Å². The number of aromatic hydroxyl groups is 1. The summed E-state index contributed by atoms with van der Waals surface area (Å²) in [5.74, 6) is 0.579. The summed E-state index contributed by atoms with van der Waals surface area (Å²) in [6, 6.07) is 20.4. The van der Waals surface area contributed by atoms with Crippen molar-refractivity contribution in [2.75, 3.05) is 7.11 Å². The quantitative estimate of drug-likeness (QED) is 0.483. The molecule has 0 radical (unpaired) electrons. The fourth-order valence-electron chi connectivity index (χ4n) is 2.45. The van der Waals surface area contributed by atoms with Gasteiger partial charge in [0.2, 0.25) is 0 Å². The number of ether oxygens (including phenoxy) is 1. The Labute approximate surface area is 163 Å². The number of benzene rings is 3. The monoisotopic (exact) mass is 374 g/mol. The molecule has 0 saturated heterocycles. The maximum Gasteiger partial charge on any atom is 0.124 e. The Kier molecular flexibility index (Phi) is 6.31. The second-order valence-corrected chi connectivity index (χ2v) is 5.90. The van der Waals surface area contributed by atoms with Gasteiger partial charge in [-0.25, -0.2) is 4.39 Å². The van der Waals surface area contributed by atoms with E-state index in [-0.39, 0.29) is 11.6 Å². The third-order valence-corrected chi connectivity index (χ3v) is 3.99. The molecule has 0 unspecified atom stereocenters. The second kappa shape index (κ2) is 9.28. The Morgan fingerprint density at radius 2 is 1.68 bits per heavy atom. The lowest BCUT2D eigenvalue weighted by atomic mass is 10.1. The van der Waals surface area contributed by atoms with Crippen molar-refractivity contribution < 1.29 is 14.2 Å². The highest BCUT2D eigenvalue weighted by molar-refractivity contribution is 6.10. The third-order valence-electron chi connectivity index (χ3n) is 3.99. The molecule has 0 aliphatic heterocycles. The molecule has 0 fully saturated rings. The van der Waals surface area contributed by atoms with E-state index in [1.807, 2.05) is 30.3 Å². The predicted octanol–water partition coefficient (Wildman–Crippen LogP) is 5.08. The number of rotatable bonds is 6. The molecule has 0 heterocycles. The summed E-state index contributed by atoms with van der Waals surface area (Å²) in [7, 11) is 1.62. The summed E-state index contributed by atoms with van der Waals surface area (Å²) in [5, 5.41) is 18.1. The van der Waals surface area contributed by atoms with Gasteiger partial charge in [0.1, 0.15) is 17.3 Å². The number of nitrogens with zero attached hydrogens (tertiary/aromatic N) is 2. The van der Waals surface area contributed by atoms with E-state index in [2.05, 4.69) is 10.2 Å². The predicted molar refractivity (Wildman–Crippen MR) is 111 cm³/mol. The average Bonchev–Trinajstić information content (AvgIpc) is 2.73. The van der Waals surface area contributed by atoms with Crippen LogP contribution in [0.25, 0.3) is 6.08 Å². The molecule has 0 spiro atoms. The molecule has 1 N–H and O–H groups in total. The maximum absolute atomic E-state index is 13.3. The number of halogens is 1.